The summed E-state index contributed by atoms with van der Waals surface area (Å²) in [5, 5.41) is 3.13. The van der Waals surface area contributed by atoms with E-state index in [1.165, 1.54) is 0 Å². The van der Waals surface area contributed by atoms with Crippen LogP contribution in [0.25, 0.3) is 11.0 Å². The second-order valence-electron chi connectivity index (χ2n) is 7.99. The van der Waals surface area contributed by atoms with Crippen LogP contribution in [-0.4, -0.2) is 28.3 Å². The lowest BCUT2D eigenvalue weighted by Crippen LogP contribution is -2.30. The summed E-state index contributed by atoms with van der Waals surface area (Å²) in [4.78, 5) is 34.8. The fraction of sp³-hybridized carbons (Fsp3) is 0.348. The van der Waals surface area contributed by atoms with Crippen LogP contribution in [0.2, 0.25) is 0 Å². The van der Waals surface area contributed by atoms with E-state index in [9.17, 15) is 9.59 Å². The molecule has 2 heterocycles. The molecule has 29 heavy (non-hydrogen) atoms. The zero-order valence-electron chi connectivity index (χ0n) is 16.8. The van der Waals surface area contributed by atoms with Crippen LogP contribution in [0.5, 0.6) is 0 Å². The molecule has 2 aromatic carbocycles. The highest BCUT2D eigenvalue weighted by atomic mass is 16.2. The molecule has 0 saturated carbocycles. The monoisotopic (exact) mass is 390 g/mol. The predicted molar refractivity (Wildman–Crippen MR) is 114 cm³/mol. The van der Waals surface area contributed by atoms with E-state index in [1.54, 1.807) is 17.0 Å². The smallest absolute Gasteiger partial charge is 0.251 e. The van der Waals surface area contributed by atoms with Crippen molar-refractivity contribution >= 4 is 28.5 Å². The molecule has 2 amide bonds. The van der Waals surface area contributed by atoms with Gasteiger partial charge in [-0.2, -0.15) is 0 Å². The molecule has 0 spiro atoms. The zero-order valence-corrected chi connectivity index (χ0v) is 16.8. The van der Waals surface area contributed by atoms with Gasteiger partial charge in [-0.05, 0) is 49.1 Å². The van der Waals surface area contributed by atoms with Gasteiger partial charge in [0.1, 0.15) is 5.82 Å². The first-order valence-corrected chi connectivity index (χ1v) is 10.2. The highest BCUT2D eigenvalue weighted by Gasteiger charge is 2.24. The van der Waals surface area contributed by atoms with Crippen LogP contribution in [0.4, 0.5) is 5.69 Å². The van der Waals surface area contributed by atoms with Crippen LogP contribution in [0, 0.1) is 5.92 Å². The fourth-order valence-corrected chi connectivity index (χ4v) is 3.83. The van der Waals surface area contributed by atoms with E-state index in [0.717, 1.165) is 35.4 Å². The Hall–Kier alpha value is -3.15. The number of benzene rings is 2. The molecule has 1 aromatic heterocycles. The number of H-pyrrole nitrogens is 1. The molecule has 0 radical (unpaired) electrons. The van der Waals surface area contributed by atoms with Gasteiger partial charge in [0.25, 0.3) is 5.91 Å². The molecule has 4 rings (SSSR count). The van der Waals surface area contributed by atoms with Gasteiger partial charge in [0.2, 0.25) is 5.91 Å². The number of carbonyl (C=O) groups is 2. The van der Waals surface area contributed by atoms with E-state index in [-0.39, 0.29) is 17.9 Å². The van der Waals surface area contributed by atoms with Crippen molar-refractivity contribution in [1.82, 2.24) is 15.3 Å². The summed E-state index contributed by atoms with van der Waals surface area (Å²) >= 11 is 0. The van der Waals surface area contributed by atoms with E-state index in [2.05, 4.69) is 29.1 Å². The van der Waals surface area contributed by atoms with Gasteiger partial charge in [-0.15, -0.1) is 0 Å². The van der Waals surface area contributed by atoms with E-state index in [0.29, 0.717) is 24.4 Å². The van der Waals surface area contributed by atoms with Gasteiger partial charge in [-0.25, -0.2) is 4.98 Å². The van der Waals surface area contributed by atoms with E-state index in [1.807, 2.05) is 36.4 Å². The van der Waals surface area contributed by atoms with Crippen molar-refractivity contribution in [2.75, 3.05) is 11.4 Å². The van der Waals surface area contributed by atoms with Gasteiger partial charge in [-0.3, -0.25) is 9.59 Å². The third kappa shape index (κ3) is 4.16. The molecule has 6 nitrogen and oxygen atoms in total. The lowest BCUT2D eigenvalue weighted by atomic mass is 10.0. The van der Waals surface area contributed by atoms with E-state index in [4.69, 9.17) is 0 Å². The highest BCUT2D eigenvalue weighted by Crippen LogP contribution is 2.25. The van der Waals surface area contributed by atoms with Gasteiger partial charge < -0.3 is 15.2 Å². The Morgan fingerprint density at radius 1 is 1.21 bits per heavy atom. The summed E-state index contributed by atoms with van der Waals surface area (Å²) in [7, 11) is 0. The Bertz CT molecular complexity index is 1010. The number of fused-ring (bicyclic) bond motifs is 1. The number of carbonyl (C=O) groups excluding carboxylic acids is 2. The number of nitrogens with one attached hydrogen (secondary N) is 2. The number of hydrogen-bond acceptors (Lipinski definition) is 3. The summed E-state index contributed by atoms with van der Waals surface area (Å²) in [6.45, 7) is 4.96. The lowest BCUT2D eigenvalue weighted by Gasteiger charge is -2.20. The third-order valence-electron chi connectivity index (χ3n) is 5.24. The molecule has 2 N–H and O–H groups in total. The van der Waals surface area contributed by atoms with Gasteiger partial charge in [0.05, 0.1) is 17.1 Å². The number of para-hydroxylation sites is 2. The molecule has 0 bridgehead atoms. The molecule has 150 valence electrons. The van der Waals surface area contributed by atoms with Crippen LogP contribution >= 0.6 is 0 Å². The number of aromatic amines is 1. The fourth-order valence-electron chi connectivity index (χ4n) is 3.83. The number of rotatable bonds is 6. The van der Waals surface area contributed by atoms with Crippen molar-refractivity contribution in [2.24, 2.45) is 5.92 Å². The average Bonchev–Trinajstić information content (AvgIpc) is 3.33. The molecule has 1 fully saturated rings. The second-order valence-corrected chi connectivity index (χ2v) is 7.99. The number of anilines is 1. The van der Waals surface area contributed by atoms with Crippen molar-refractivity contribution < 1.29 is 9.59 Å². The van der Waals surface area contributed by atoms with Crippen molar-refractivity contribution in [1.29, 1.82) is 0 Å². The van der Waals surface area contributed by atoms with Gasteiger partial charge >= 0.3 is 0 Å². The minimum absolute atomic E-state index is 0.113. The summed E-state index contributed by atoms with van der Waals surface area (Å²) in [6.07, 6.45) is 2.20. The third-order valence-corrected chi connectivity index (χ3v) is 5.24. The Kier molecular flexibility index (Phi) is 5.34. The first-order valence-electron chi connectivity index (χ1n) is 10.2. The average molecular weight is 390 g/mol. The van der Waals surface area contributed by atoms with Crippen LogP contribution < -0.4 is 10.2 Å². The van der Waals surface area contributed by atoms with E-state index >= 15 is 0 Å². The summed E-state index contributed by atoms with van der Waals surface area (Å²) in [5.41, 5.74) is 3.18. The molecule has 1 unspecified atom stereocenters. The van der Waals surface area contributed by atoms with Crippen LogP contribution in [-0.2, 0) is 4.79 Å². The molecule has 1 saturated heterocycles. The number of imidazole rings is 1. The Balaban J connectivity index is 1.57. The van der Waals surface area contributed by atoms with Gasteiger partial charge in [0, 0.05) is 24.2 Å². The number of aromatic nitrogens is 2. The van der Waals surface area contributed by atoms with Gasteiger partial charge in [0.15, 0.2) is 0 Å². The van der Waals surface area contributed by atoms with Gasteiger partial charge in [-0.1, -0.05) is 32.0 Å². The maximum atomic E-state index is 13.0. The summed E-state index contributed by atoms with van der Waals surface area (Å²) in [5.74, 6) is 1.10. The molecule has 3 aromatic rings. The molecule has 1 aliphatic heterocycles. The Labute approximate surface area is 170 Å². The molecular formula is C23H26N4O2. The minimum atomic E-state index is -0.216. The number of amides is 2. The second kappa shape index (κ2) is 8.07. The molecule has 0 aliphatic carbocycles. The standard InChI is InChI=1S/C23H26N4O2/c1-15(2)13-20(22-24-18-9-3-4-10-19(18)25-22)26-23(29)16-7-5-8-17(14-16)27-12-6-11-21(27)28/h3-5,7-10,14-15,20H,6,11-13H2,1-2H3,(H,24,25)(H,26,29). The highest BCUT2D eigenvalue weighted by molar-refractivity contribution is 5.99. The maximum absolute atomic E-state index is 13.0. The summed E-state index contributed by atoms with van der Waals surface area (Å²) < 4.78 is 0. The summed E-state index contributed by atoms with van der Waals surface area (Å²) in [6, 6.07) is 14.9. The normalized spacial score (nSPS) is 15.3. The van der Waals surface area contributed by atoms with Crippen molar-refractivity contribution in [3.05, 3.63) is 59.9 Å². The first-order chi connectivity index (χ1) is 14.0. The molecule has 1 aliphatic rings. The quantitative estimate of drug-likeness (QED) is 0.662. The van der Waals surface area contributed by atoms with Crippen molar-refractivity contribution in [3.8, 4) is 0 Å². The largest absolute Gasteiger partial charge is 0.342 e. The topological polar surface area (TPSA) is 78.1 Å². The predicted octanol–water partition coefficient (Wildman–Crippen LogP) is 4.21. The molecule has 1 atom stereocenters. The Morgan fingerprint density at radius 2 is 2.03 bits per heavy atom. The van der Waals surface area contributed by atoms with Crippen molar-refractivity contribution in [2.45, 2.75) is 39.2 Å². The lowest BCUT2D eigenvalue weighted by molar-refractivity contribution is -0.117. The van der Waals surface area contributed by atoms with Crippen molar-refractivity contribution in [3.63, 3.8) is 0 Å². The SMILES string of the molecule is CC(C)CC(NC(=O)c1cccc(N2CCCC2=O)c1)c1nc2ccccc2[nH]1. The molecular weight excluding hydrogens is 364 g/mol. The van der Waals surface area contributed by atoms with Crippen LogP contribution in [0.15, 0.2) is 48.5 Å². The zero-order chi connectivity index (χ0) is 20.4. The van der Waals surface area contributed by atoms with Crippen LogP contribution in [0.1, 0.15) is 55.3 Å². The number of nitrogens with zero attached hydrogens (tertiary/aromatic N) is 2. The first kappa shape index (κ1) is 19.2. The number of hydrogen-bond donors (Lipinski definition) is 2. The van der Waals surface area contributed by atoms with Crippen LogP contribution in [0.3, 0.4) is 0 Å². The minimum Gasteiger partial charge on any atom is -0.342 e. The van der Waals surface area contributed by atoms with E-state index < -0.39 is 0 Å². The maximum Gasteiger partial charge on any atom is 0.251 e. The Morgan fingerprint density at radius 3 is 2.76 bits per heavy atom. The molecule has 6 heteroatoms.